The van der Waals surface area contributed by atoms with Crippen LogP contribution in [0.25, 0.3) is 11.0 Å². The number of aryl methyl sites for hydroxylation is 2. The number of para-hydroxylation sites is 2. The first-order chi connectivity index (χ1) is 11.9. The van der Waals surface area contributed by atoms with Crippen LogP contribution in [0, 0.1) is 0 Å². The quantitative estimate of drug-likeness (QED) is 0.623. The number of ether oxygens (including phenoxy) is 2. The normalized spacial score (nSPS) is 13.3. The Balaban J connectivity index is 1.20. The van der Waals surface area contributed by atoms with Crippen LogP contribution in [-0.2, 0) is 24.1 Å². The molecule has 4 rings (SSSR count). The van der Waals surface area contributed by atoms with Gasteiger partial charge in [-0.2, -0.15) is 0 Å². The fourth-order valence-corrected chi connectivity index (χ4v) is 3.31. The molecule has 0 radical (unpaired) electrons. The number of fused-ring (bicyclic) bond motifs is 2. The molecule has 1 aliphatic carbocycles. The van der Waals surface area contributed by atoms with Gasteiger partial charge >= 0.3 is 0 Å². The first-order valence-electron chi connectivity index (χ1n) is 8.62. The van der Waals surface area contributed by atoms with Crippen molar-refractivity contribution in [3.05, 3.63) is 59.9 Å². The molecule has 2 aromatic carbocycles. The van der Waals surface area contributed by atoms with Gasteiger partial charge in [-0.3, -0.25) is 0 Å². The van der Waals surface area contributed by atoms with Gasteiger partial charge in [0.15, 0.2) is 0 Å². The average Bonchev–Trinajstić information content (AvgIpc) is 3.24. The molecule has 1 aromatic heterocycles. The maximum atomic E-state index is 5.79. The van der Waals surface area contributed by atoms with Gasteiger partial charge in [-0.05, 0) is 54.7 Å². The summed E-state index contributed by atoms with van der Waals surface area (Å²) in [7, 11) is 0. The lowest BCUT2D eigenvalue weighted by molar-refractivity contribution is 0.0948. The SMILES string of the molecule is c1ccc2c(c1)ncn2CCOCCOc1ccc2c(c1)CCC2. The molecule has 0 atom stereocenters. The van der Waals surface area contributed by atoms with E-state index in [2.05, 4.69) is 33.8 Å². The number of nitrogens with zero attached hydrogens (tertiary/aromatic N) is 2. The van der Waals surface area contributed by atoms with E-state index in [1.54, 1.807) is 0 Å². The number of hydrogen-bond donors (Lipinski definition) is 0. The van der Waals surface area contributed by atoms with Crippen molar-refractivity contribution in [1.82, 2.24) is 9.55 Å². The van der Waals surface area contributed by atoms with Gasteiger partial charge < -0.3 is 14.0 Å². The van der Waals surface area contributed by atoms with E-state index in [1.807, 2.05) is 24.5 Å². The first-order valence-corrected chi connectivity index (χ1v) is 8.62. The van der Waals surface area contributed by atoms with E-state index in [9.17, 15) is 0 Å². The van der Waals surface area contributed by atoms with Gasteiger partial charge in [0.1, 0.15) is 12.4 Å². The van der Waals surface area contributed by atoms with E-state index in [0.717, 1.165) is 23.3 Å². The Bertz CT molecular complexity index is 825. The highest BCUT2D eigenvalue weighted by Crippen LogP contribution is 2.25. The molecular formula is C20H22N2O2. The summed E-state index contributed by atoms with van der Waals surface area (Å²) in [5.74, 6) is 0.958. The number of imidazole rings is 1. The van der Waals surface area contributed by atoms with Gasteiger partial charge in [0.25, 0.3) is 0 Å². The van der Waals surface area contributed by atoms with Gasteiger partial charge in [-0.25, -0.2) is 4.98 Å². The Kier molecular flexibility index (Phi) is 4.47. The second-order valence-corrected chi connectivity index (χ2v) is 6.17. The van der Waals surface area contributed by atoms with Crippen molar-refractivity contribution in [2.75, 3.05) is 19.8 Å². The zero-order valence-corrected chi connectivity index (χ0v) is 13.8. The lowest BCUT2D eigenvalue weighted by atomic mass is 10.1. The summed E-state index contributed by atoms with van der Waals surface area (Å²) in [5.41, 5.74) is 5.10. The van der Waals surface area contributed by atoms with Gasteiger partial charge in [0.2, 0.25) is 0 Å². The van der Waals surface area contributed by atoms with E-state index >= 15 is 0 Å². The van der Waals surface area contributed by atoms with Crippen molar-refractivity contribution in [2.45, 2.75) is 25.8 Å². The van der Waals surface area contributed by atoms with E-state index in [1.165, 1.54) is 30.4 Å². The highest BCUT2D eigenvalue weighted by molar-refractivity contribution is 5.74. The fourth-order valence-electron chi connectivity index (χ4n) is 3.31. The van der Waals surface area contributed by atoms with Crippen LogP contribution in [0.4, 0.5) is 0 Å². The summed E-state index contributed by atoms with van der Waals surface area (Å²) in [6.45, 7) is 2.65. The molecular weight excluding hydrogens is 300 g/mol. The largest absolute Gasteiger partial charge is 0.491 e. The number of hydrogen-bond acceptors (Lipinski definition) is 3. The van der Waals surface area contributed by atoms with Crippen LogP contribution in [0.2, 0.25) is 0 Å². The average molecular weight is 322 g/mol. The molecule has 1 heterocycles. The Morgan fingerprint density at radius 2 is 1.88 bits per heavy atom. The molecule has 4 nitrogen and oxygen atoms in total. The third kappa shape index (κ3) is 3.29. The van der Waals surface area contributed by atoms with Crippen LogP contribution in [-0.4, -0.2) is 29.4 Å². The predicted octanol–water partition coefficient (Wildman–Crippen LogP) is 3.62. The molecule has 0 unspecified atom stereocenters. The summed E-state index contributed by atoms with van der Waals surface area (Å²) in [6, 6.07) is 14.6. The van der Waals surface area contributed by atoms with Crippen LogP contribution in [0.15, 0.2) is 48.8 Å². The second-order valence-electron chi connectivity index (χ2n) is 6.17. The van der Waals surface area contributed by atoms with Crippen molar-refractivity contribution >= 4 is 11.0 Å². The minimum absolute atomic E-state index is 0.587. The number of aromatic nitrogens is 2. The van der Waals surface area contributed by atoms with Crippen LogP contribution < -0.4 is 4.74 Å². The third-order valence-electron chi connectivity index (χ3n) is 4.57. The van der Waals surface area contributed by atoms with Crippen molar-refractivity contribution < 1.29 is 9.47 Å². The van der Waals surface area contributed by atoms with Crippen molar-refractivity contribution in [3.8, 4) is 5.75 Å². The van der Waals surface area contributed by atoms with Crippen molar-refractivity contribution in [1.29, 1.82) is 0 Å². The van der Waals surface area contributed by atoms with Crippen LogP contribution in [0.5, 0.6) is 5.75 Å². The molecule has 0 amide bonds. The second kappa shape index (κ2) is 7.05. The number of rotatable bonds is 7. The Hall–Kier alpha value is -2.33. The first kappa shape index (κ1) is 15.2. The fraction of sp³-hybridized carbons (Fsp3) is 0.350. The van der Waals surface area contributed by atoms with Crippen molar-refractivity contribution in [3.63, 3.8) is 0 Å². The van der Waals surface area contributed by atoms with Crippen LogP contribution in [0.3, 0.4) is 0 Å². The zero-order chi connectivity index (χ0) is 16.2. The molecule has 0 fully saturated rings. The standard InChI is InChI=1S/C20H22N2O2/c1-2-7-20-19(6-1)21-15-22(20)10-11-23-12-13-24-18-9-8-16-4-3-5-17(16)14-18/h1-2,6-9,14-15H,3-5,10-13H2. The monoisotopic (exact) mass is 322 g/mol. The highest BCUT2D eigenvalue weighted by atomic mass is 16.5. The van der Waals surface area contributed by atoms with Gasteiger partial charge in [-0.15, -0.1) is 0 Å². The molecule has 24 heavy (non-hydrogen) atoms. The summed E-state index contributed by atoms with van der Waals surface area (Å²) >= 11 is 0. The smallest absolute Gasteiger partial charge is 0.119 e. The lowest BCUT2D eigenvalue weighted by Crippen LogP contribution is -2.11. The predicted molar refractivity (Wildman–Crippen MR) is 94.5 cm³/mol. The molecule has 0 N–H and O–H groups in total. The van der Waals surface area contributed by atoms with Crippen molar-refractivity contribution in [2.24, 2.45) is 0 Å². The maximum absolute atomic E-state index is 5.79. The molecule has 0 spiro atoms. The molecule has 4 heteroatoms. The molecule has 3 aromatic rings. The zero-order valence-electron chi connectivity index (χ0n) is 13.8. The van der Waals surface area contributed by atoms with Gasteiger partial charge in [-0.1, -0.05) is 18.2 Å². The number of benzene rings is 2. The minimum atomic E-state index is 0.587. The maximum Gasteiger partial charge on any atom is 0.119 e. The van der Waals surface area contributed by atoms with E-state index in [4.69, 9.17) is 9.47 Å². The van der Waals surface area contributed by atoms with E-state index in [-0.39, 0.29) is 0 Å². The Labute approximate surface area is 142 Å². The van der Waals surface area contributed by atoms with Crippen LogP contribution >= 0.6 is 0 Å². The summed E-state index contributed by atoms with van der Waals surface area (Å²) in [6.07, 6.45) is 5.53. The van der Waals surface area contributed by atoms with Gasteiger partial charge in [0.05, 0.1) is 30.6 Å². The molecule has 0 aliphatic heterocycles. The summed E-state index contributed by atoms with van der Waals surface area (Å²) in [5, 5.41) is 0. The van der Waals surface area contributed by atoms with E-state index in [0.29, 0.717) is 19.8 Å². The molecule has 124 valence electrons. The molecule has 0 saturated carbocycles. The minimum Gasteiger partial charge on any atom is -0.491 e. The Morgan fingerprint density at radius 1 is 0.958 bits per heavy atom. The molecule has 0 bridgehead atoms. The molecule has 0 saturated heterocycles. The topological polar surface area (TPSA) is 36.3 Å². The molecule has 1 aliphatic rings. The third-order valence-corrected chi connectivity index (χ3v) is 4.57. The van der Waals surface area contributed by atoms with Crippen LogP contribution in [0.1, 0.15) is 17.5 Å². The highest BCUT2D eigenvalue weighted by Gasteiger charge is 2.11. The van der Waals surface area contributed by atoms with Gasteiger partial charge in [0, 0.05) is 6.54 Å². The lowest BCUT2D eigenvalue weighted by Gasteiger charge is -2.09. The summed E-state index contributed by atoms with van der Waals surface area (Å²) in [4.78, 5) is 4.38. The summed E-state index contributed by atoms with van der Waals surface area (Å²) < 4.78 is 13.6. The van der Waals surface area contributed by atoms with E-state index < -0.39 is 0 Å². The Morgan fingerprint density at radius 3 is 2.88 bits per heavy atom.